The van der Waals surface area contributed by atoms with Gasteiger partial charge in [0.05, 0.1) is 0 Å². The van der Waals surface area contributed by atoms with E-state index in [0.717, 1.165) is 31.5 Å². The van der Waals surface area contributed by atoms with E-state index in [1.807, 2.05) is 12.1 Å². The maximum absolute atomic E-state index is 12.2. The van der Waals surface area contributed by atoms with Crippen LogP contribution in [0.3, 0.4) is 0 Å². The molecular formula is C20H33Cl2N3O. The summed E-state index contributed by atoms with van der Waals surface area (Å²) in [6.45, 7) is 3.44. The van der Waals surface area contributed by atoms with Crippen LogP contribution < -0.4 is 11.1 Å². The molecule has 1 aromatic carbocycles. The summed E-state index contributed by atoms with van der Waals surface area (Å²) in [5, 5.41) is 3.02. The third-order valence-corrected chi connectivity index (χ3v) is 5.51. The van der Waals surface area contributed by atoms with E-state index in [9.17, 15) is 4.79 Å². The lowest BCUT2D eigenvalue weighted by Crippen LogP contribution is -2.28. The zero-order chi connectivity index (χ0) is 16.8. The largest absolute Gasteiger partial charge is 0.327 e. The van der Waals surface area contributed by atoms with E-state index in [4.69, 9.17) is 5.73 Å². The molecule has 0 bridgehead atoms. The zero-order valence-electron chi connectivity index (χ0n) is 15.5. The number of nitrogens with zero attached hydrogens (tertiary/aromatic N) is 1. The second-order valence-corrected chi connectivity index (χ2v) is 7.49. The highest BCUT2D eigenvalue weighted by Gasteiger charge is 2.25. The van der Waals surface area contributed by atoms with Gasteiger partial charge < -0.3 is 11.1 Å². The number of amides is 1. The van der Waals surface area contributed by atoms with Gasteiger partial charge >= 0.3 is 0 Å². The number of halogens is 2. The van der Waals surface area contributed by atoms with Gasteiger partial charge in [-0.25, -0.2) is 0 Å². The molecule has 1 aromatic rings. The van der Waals surface area contributed by atoms with Gasteiger partial charge in [-0.2, -0.15) is 0 Å². The highest BCUT2D eigenvalue weighted by Crippen LogP contribution is 2.27. The van der Waals surface area contributed by atoms with E-state index >= 15 is 0 Å². The summed E-state index contributed by atoms with van der Waals surface area (Å²) in [7, 11) is 0. The smallest absolute Gasteiger partial charge is 0.224 e. The molecule has 1 heterocycles. The summed E-state index contributed by atoms with van der Waals surface area (Å²) in [6.07, 6.45) is 9.22. The van der Waals surface area contributed by atoms with E-state index in [1.54, 1.807) is 0 Å². The van der Waals surface area contributed by atoms with Crippen molar-refractivity contribution in [2.45, 2.75) is 64.0 Å². The standard InChI is InChI=1S/C20H31N3O.2ClH/c21-19-7-5-6-17(19)14-20(24)22-18-10-8-16(9-11-18)15-23-12-3-1-2-4-13-23;;/h8-11,17,19H,1-7,12-15,21H2,(H,22,24);2*1H/t17-,19+;;/m0../s1. The molecule has 1 saturated carbocycles. The lowest BCUT2D eigenvalue weighted by atomic mass is 10.00. The van der Waals surface area contributed by atoms with Crippen molar-refractivity contribution < 1.29 is 4.79 Å². The van der Waals surface area contributed by atoms with Crippen LogP contribution in [0.15, 0.2) is 24.3 Å². The number of hydrogen-bond acceptors (Lipinski definition) is 3. The first kappa shape index (κ1) is 23.2. The van der Waals surface area contributed by atoms with Crippen molar-refractivity contribution in [2.24, 2.45) is 11.7 Å². The molecule has 0 radical (unpaired) electrons. The van der Waals surface area contributed by atoms with Crippen LogP contribution in [-0.2, 0) is 11.3 Å². The Morgan fingerprint density at radius 1 is 1.00 bits per heavy atom. The lowest BCUT2D eigenvalue weighted by Gasteiger charge is -2.20. The minimum Gasteiger partial charge on any atom is -0.327 e. The van der Waals surface area contributed by atoms with Gasteiger partial charge in [0.2, 0.25) is 5.91 Å². The fourth-order valence-electron chi connectivity index (χ4n) is 4.02. The molecule has 2 atom stereocenters. The number of benzene rings is 1. The molecule has 3 N–H and O–H groups in total. The Bertz CT molecular complexity index is 530. The van der Waals surface area contributed by atoms with Gasteiger partial charge in [-0.15, -0.1) is 24.8 Å². The molecule has 6 heteroatoms. The van der Waals surface area contributed by atoms with Gasteiger partial charge in [0.1, 0.15) is 0 Å². The van der Waals surface area contributed by atoms with Crippen LogP contribution in [0.5, 0.6) is 0 Å². The fourth-order valence-corrected chi connectivity index (χ4v) is 4.02. The number of likely N-dealkylation sites (tertiary alicyclic amines) is 1. The van der Waals surface area contributed by atoms with Gasteiger partial charge in [-0.1, -0.05) is 31.4 Å². The van der Waals surface area contributed by atoms with E-state index in [-0.39, 0.29) is 36.8 Å². The zero-order valence-corrected chi connectivity index (χ0v) is 17.1. The molecule has 1 saturated heterocycles. The Labute approximate surface area is 170 Å². The first-order chi connectivity index (χ1) is 11.7. The van der Waals surface area contributed by atoms with Crippen LogP contribution in [0.2, 0.25) is 0 Å². The summed E-state index contributed by atoms with van der Waals surface area (Å²) in [6, 6.07) is 8.54. The molecule has 2 aliphatic rings. The van der Waals surface area contributed by atoms with Crippen molar-refractivity contribution in [1.82, 2.24) is 4.90 Å². The summed E-state index contributed by atoms with van der Waals surface area (Å²) in [5.41, 5.74) is 8.28. The quantitative estimate of drug-likeness (QED) is 0.769. The number of anilines is 1. The van der Waals surface area contributed by atoms with Gasteiger partial charge in [-0.3, -0.25) is 9.69 Å². The third kappa shape index (κ3) is 7.07. The van der Waals surface area contributed by atoms with Crippen LogP contribution in [0.25, 0.3) is 0 Å². The monoisotopic (exact) mass is 401 g/mol. The van der Waals surface area contributed by atoms with E-state index < -0.39 is 0 Å². The van der Waals surface area contributed by atoms with Crippen molar-refractivity contribution >= 4 is 36.4 Å². The third-order valence-electron chi connectivity index (χ3n) is 5.51. The van der Waals surface area contributed by atoms with Crippen LogP contribution in [0.4, 0.5) is 5.69 Å². The summed E-state index contributed by atoms with van der Waals surface area (Å²) in [5.74, 6) is 0.449. The summed E-state index contributed by atoms with van der Waals surface area (Å²) >= 11 is 0. The van der Waals surface area contributed by atoms with Gasteiger partial charge in [-0.05, 0) is 62.4 Å². The Morgan fingerprint density at radius 2 is 1.65 bits per heavy atom. The Morgan fingerprint density at radius 3 is 2.23 bits per heavy atom. The molecule has 0 spiro atoms. The van der Waals surface area contributed by atoms with Crippen molar-refractivity contribution in [3.05, 3.63) is 29.8 Å². The molecule has 1 aliphatic carbocycles. The van der Waals surface area contributed by atoms with Crippen LogP contribution >= 0.6 is 24.8 Å². The van der Waals surface area contributed by atoms with Crippen molar-refractivity contribution in [3.8, 4) is 0 Å². The first-order valence-electron chi connectivity index (χ1n) is 9.57. The highest BCUT2D eigenvalue weighted by atomic mass is 35.5. The molecular weight excluding hydrogens is 369 g/mol. The van der Waals surface area contributed by atoms with Crippen LogP contribution in [0, 0.1) is 5.92 Å². The molecule has 2 fully saturated rings. The molecule has 1 aliphatic heterocycles. The molecule has 0 unspecified atom stereocenters. The number of nitrogens with one attached hydrogen (secondary N) is 1. The number of carbonyl (C=O) groups excluding carboxylic acids is 1. The van der Waals surface area contributed by atoms with Crippen LogP contribution in [0.1, 0.15) is 56.9 Å². The number of carbonyl (C=O) groups is 1. The summed E-state index contributed by atoms with van der Waals surface area (Å²) < 4.78 is 0. The Balaban J connectivity index is 0.00000169. The van der Waals surface area contributed by atoms with Crippen molar-refractivity contribution in [3.63, 3.8) is 0 Å². The minimum atomic E-state index is 0. The van der Waals surface area contributed by atoms with Crippen LogP contribution in [-0.4, -0.2) is 29.9 Å². The lowest BCUT2D eigenvalue weighted by molar-refractivity contribution is -0.117. The predicted molar refractivity (Wildman–Crippen MR) is 113 cm³/mol. The molecule has 26 heavy (non-hydrogen) atoms. The van der Waals surface area contributed by atoms with Gasteiger partial charge in [0, 0.05) is 24.7 Å². The number of hydrogen-bond donors (Lipinski definition) is 2. The van der Waals surface area contributed by atoms with Gasteiger partial charge in [0.25, 0.3) is 0 Å². The number of rotatable bonds is 5. The molecule has 3 rings (SSSR count). The predicted octanol–water partition coefficient (Wildman–Crippen LogP) is 4.36. The second-order valence-electron chi connectivity index (χ2n) is 7.49. The Kier molecular flexibility index (Phi) is 10.6. The average molecular weight is 402 g/mol. The summed E-state index contributed by atoms with van der Waals surface area (Å²) in [4.78, 5) is 14.7. The van der Waals surface area contributed by atoms with Gasteiger partial charge in [0.15, 0.2) is 0 Å². The molecule has 1 amide bonds. The second kappa shape index (κ2) is 11.8. The maximum Gasteiger partial charge on any atom is 0.224 e. The molecule has 148 valence electrons. The van der Waals surface area contributed by atoms with Crippen molar-refractivity contribution in [2.75, 3.05) is 18.4 Å². The molecule has 4 nitrogen and oxygen atoms in total. The Hall–Kier alpha value is -0.810. The first-order valence-corrected chi connectivity index (χ1v) is 9.57. The number of nitrogens with two attached hydrogens (primary N) is 1. The highest BCUT2D eigenvalue weighted by molar-refractivity contribution is 5.90. The SMILES string of the molecule is Cl.Cl.N[C@@H]1CCC[C@H]1CC(=O)Nc1ccc(CN2CCCCCC2)cc1. The topological polar surface area (TPSA) is 58.4 Å². The normalized spacial score (nSPS) is 23.4. The van der Waals surface area contributed by atoms with Crippen molar-refractivity contribution in [1.29, 1.82) is 0 Å². The van der Waals surface area contributed by atoms with E-state index in [2.05, 4.69) is 22.3 Å². The van der Waals surface area contributed by atoms with E-state index in [1.165, 1.54) is 44.3 Å². The average Bonchev–Trinajstić information content (AvgIpc) is 2.82. The maximum atomic E-state index is 12.2. The molecule has 0 aromatic heterocycles. The minimum absolute atomic E-state index is 0. The fraction of sp³-hybridized carbons (Fsp3) is 0.650. The van der Waals surface area contributed by atoms with E-state index in [0.29, 0.717) is 12.3 Å².